The Morgan fingerprint density at radius 2 is 2.11 bits per heavy atom. The van der Waals surface area contributed by atoms with E-state index in [0.717, 1.165) is 24.8 Å². The van der Waals surface area contributed by atoms with Crippen LogP contribution >= 0.6 is 0 Å². The van der Waals surface area contributed by atoms with Gasteiger partial charge in [0.2, 0.25) is 5.89 Å². The van der Waals surface area contributed by atoms with Gasteiger partial charge in [0.15, 0.2) is 11.6 Å². The van der Waals surface area contributed by atoms with Crippen molar-refractivity contribution in [3.05, 3.63) is 46.9 Å². The normalized spacial score (nSPS) is 18.4. The fraction of sp³-hybridized carbons (Fsp3) is 0.474. The van der Waals surface area contributed by atoms with Gasteiger partial charge in [-0.15, -0.1) is 0 Å². The molecule has 0 atom stereocenters. The van der Waals surface area contributed by atoms with E-state index in [1.807, 2.05) is 0 Å². The highest BCUT2D eigenvalue weighted by Crippen LogP contribution is 2.43. The van der Waals surface area contributed by atoms with Crippen molar-refractivity contribution < 1.29 is 18.5 Å². The van der Waals surface area contributed by atoms with Crippen LogP contribution in [-0.4, -0.2) is 39.9 Å². The number of hydrogen-bond acceptors (Lipinski definition) is 5. The average molecular weight is 372 g/mol. The molecule has 1 fully saturated rings. The lowest BCUT2D eigenvalue weighted by Crippen LogP contribution is -2.49. The molecule has 0 unspecified atom stereocenters. The molecule has 1 aromatic heterocycles. The first kappa shape index (κ1) is 17.6. The third-order valence-electron chi connectivity index (χ3n) is 5.55. The van der Waals surface area contributed by atoms with Crippen LogP contribution in [0.3, 0.4) is 0 Å². The van der Waals surface area contributed by atoms with E-state index in [2.05, 4.69) is 15.5 Å². The van der Waals surface area contributed by atoms with Crippen LogP contribution in [0.5, 0.6) is 0 Å². The highest BCUT2D eigenvalue weighted by atomic mass is 19.1. The van der Waals surface area contributed by atoms with E-state index in [4.69, 9.17) is 4.52 Å². The number of urea groups is 1. The van der Waals surface area contributed by atoms with Gasteiger partial charge in [-0.1, -0.05) is 11.2 Å². The summed E-state index contributed by atoms with van der Waals surface area (Å²) in [6, 6.07) is 4.29. The first-order valence-corrected chi connectivity index (χ1v) is 9.08. The summed E-state index contributed by atoms with van der Waals surface area (Å²) < 4.78 is 18.4. The average Bonchev–Trinajstić information content (AvgIpc) is 3.06. The van der Waals surface area contributed by atoms with Gasteiger partial charge in [0, 0.05) is 25.1 Å². The molecule has 1 saturated heterocycles. The molecule has 2 aromatic rings. The van der Waals surface area contributed by atoms with Gasteiger partial charge < -0.3 is 14.7 Å². The standard InChI is InChI=1S/C19H21FN4O3/c1-12-22-17(27-23-12)11-21-18(26)24-6-4-19(5-7-24)9-13-2-3-14(20)8-15(13)16(25)10-19/h2-3,8H,4-7,9-11H2,1H3,(H,21,26). The minimum atomic E-state index is -0.374. The van der Waals surface area contributed by atoms with Crippen molar-refractivity contribution in [3.63, 3.8) is 0 Å². The molecule has 1 aliphatic heterocycles. The maximum absolute atomic E-state index is 13.4. The van der Waals surface area contributed by atoms with Crippen LogP contribution in [0.25, 0.3) is 0 Å². The van der Waals surface area contributed by atoms with Crippen LogP contribution in [0, 0.1) is 18.2 Å². The Morgan fingerprint density at radius 3 is 2.81 bits per heavy atom. The predicted octanol–water partition coefficient (Wildman–Crippen LogP) is 2.64. The molecule has 2 amide bonds. The van der Waals surface area contributed by atoms with E-state index in [9.17, 15) is 14.0 Å². The summed E-state index contributed by atoms with van der Waals surface area (Å²) in [6.07, 6.45) is 2.68. The molecule has 27 heavy (non-hydrogen) atoms. The summed E-state index contributed by atoms with van der Waals surface area (Å²) in [5.41, 5.74) is 1.29. The quantitative estimate of drug-likeness (QED) is 0.875. The minimum Gasteiger partial charge on any atom is -0.337 e. The Bertz CT molecular complexity index is 887. The molecule has 2 heterocycles. The van der Waals surface area contributed by atoms with Gasteiger partial charge in [-0.2, -0.15) is 4.98 Å². The Balaban J connectivity index is 1.36. The van der Waals surface area contributed by atoms with Gasteiger partial charge in [-0.05, 0) is 49.3 Å². The topological polar surface area (TPSA) is 88.3 Å². The summed E-state index contributed by atoms with van der Waals surface area (Å²) >= 11 is 0. The number of halogens is 1. The number of carbonyl (C=O) groups is 2. The first-order valence-electron chi connectivity index (χ1n) is 9.08. The smallest absolute Gasteiger partial charge is 0.317 e. The van der Waals surface area contributed by atoms with E-state index in [1.54, 1.807) is 17.9 Å². The van der Waals surface area contributed by atoms with Crippen LogP contribution in [0.4, 0.5) is 9.18 Å². The van der Waals surface area contributed by atoms with Gasteiger partial charge in [0.05, 0.1) is 6.54 Å². The van der Waals surface area contributed by atoms with Crippen molar-refractivity contribution in [2.24, 2.45) is 5.41 Å². The largest absolute Gasteiger partial charge is 0.337 e. The number of nitrogens with one attached hydrogen (secondary N) is 1. The van der Waals surface area contributed by atoms with Crippen molar-refractivity contribution in [2.45, 2.75) is 39.2 Å². The van der Waals surface area contributed by atoms with Crippen molar-refractivity contribution in [2.75, 3.05) is 13.1 Å². The highest BCUT2D eigenvalue weighted by Gasteiger charge is 2.41. The van der Waals surface area contributed by atoms with Gasteiger partial charge in [0.1, 0.15) is 5.82 Å². The maximum Gasteiger partial charge on any atom is 0.317 e. The molecule has 2 aliphatic rings. The highest BCUT2D eigenvalue weighted by molar-refractivity contribution is 5.99. The summed E-state index contributed by atoms with van der Waals surface area (Å²) in [6.45, 7) is 3.08. The van der Waals surface area contributed by atoms with E-state index in [1.165, 1.54) is 12.1 Å². The van der Waals surface area contributed by atoms with Crippen molar-refractivity contribution >= 4 is 11.8 Å². The molecule has 1 aromatic carbocycles. The summed E-state index contributed by atoms with van der Waals surface area (Å²) in [4.78, 5) is 30.7. The molecule has 1 aliphatic carbocycles. The fourth-order valence-electron chi connectivity index (χ4n) is 4.08. The lowest BCUT2D eigenvalue weighted by atomic mass is 9.66. The second-order valence-corrected chi connectivity index (χ2v) is 7.46. The molecular formula is C19H21FN4O3. The number of aryl methyl sites for hydroxylation is 1. The number of Topliss-reactive ketones (excluding diaryl/α,β-unsaturated/α-hetero) is 1. The number of benzene rings is 1. The zero-order valence-corrected chi connectivity index (χ0v) is 15.1. The Kier molecular flexibility index (Phi) is 4.41. The number of amides is 2. The van der Waals surface area contributed by atoms with Crippen LogP contribution in [0.2, 0.25) is 0 Å². The Hall–Kier alpha value is -2.77. The third-order valence-corrected chi connectivity index (χ3v) is 5.55. The number of hydrogen-bond donors (Lipinski definition) is 1. The van der Waals surface area contributed by atoms with Crippen molar-refractivity contribution in [1.29, 1.82) is 0 Å². The van der Waals surface area contributed by atoms with E-state index in [0.29, 0.717) is 36.8 Å². The summed E-state index contributed by atoms with van der Waals surface area (Å²) in [7, 11) is 0. The molecule has 1 N–H and O–H groups in total. The SMILES string of the molecule is Cc1noc(CNC(=O)N2CCC3(CC2)CC(=O)c2cc(F)ccc2C3)n1. The number of fused-ring (bicyclic) bond motifs is 1. The number of likely N-dealkylation sites (tertiary alicyclic amines) is 1. The van der Waals surface area contributed by atoms with Crippen LogP contribution in [0.1, 0.15) is 46.9 Å². The third kappa shape index (κ3) is 3.56. The molecular weight excluding hydrogens is 351 g/mol. The second-order valence-electron chi connectivity index (χ2n) is 7.46. The molecule has 1 spiro atoms. The van der Waals surface area contributed by atoms with Gasteiger partial charge in [0.25, 0.3) is 0 Å². The summed E-state index contributed by atoms with van der Waals surface area (Å²) in [5.74, 6) is 0.527. The molecule has 4 rings (SSSR count). The lowest BCUT2D eigenvalue weighted by molar-refractivity contribution is 0.0734. The predicted molar refractivity (Wildman–Crippen MR) is 93.6 cm³/mol. The second kappa shape index (κ2) is 6.75. The van der Waals surface area contributed by atoms with Gasteiger partial charge >= 0.3 is 6.03 Å². The number of piperidine rings is 1. The van der Waals surface area contributed by atoms with Crippen molar-refractivity contribution in [1.82, 2.24) is 20.4 Å². The number of aromatic nitrogens is 2. The first-order chi connectivity index (χ1) is 12.9. The van der Waals surface area contributed by atoms with E-state index < -0.39 is 0 Å². The molecule has 0 bridgehead atoms. The van der Waals surface area contributed by atoms with Crippen LogP contribution in [-0.2, 0) is 13.0 Å². The van der Waals surface area contributed by atoms with Crippen molar-refractivity contribution in [3.8, 4) is 0 Å². The van der Waals surface area contributed by atoms with E-state index in [-0.39, 0.29) is 29.6 Å². The van der Waals surface area contributed by atoms with Crippen LogP contribution < -0.4 is 5.32 Å². The number of nitrogens with zero attached hydrogens (tertiary/aromatic N) is 3. The zero-order valence-electron chi connectivity index (χ0n) is 15.1. The van der Waals surface area contributed by atoms with E-state index >= 15 is 0 Å². The Morgan fingerprint density at radius 1 is 1.33 bits per heavy atom. The molecule has 142 valence electrons. The monoisotopic (exact) mass is 372 g/mol. The molecule has 0 radical (unpaired) electrons. The minimum absolute atomic E-state index is 0.000384. The zero-order chi connectivity index (χ0) is 19.0. The fourth-order valence-corrected chi connectivity index (χ4v) is 4.08. The lowest BCUT2D eigenvalue weighted by Gasteiger charge is -2.44. The number of carbonyl (C=O) groups excluding carboxylic acids is 2. The van der Waals surface area contributed by atoms with Gasteiger partial charge in [-0.25, -0.2) is 9.18 Å². The number of ketones is 1. The Labute approximate surface area is 155 Å². The van der Waals surface area contributed by atoms with Gasteiger partial charge in [-0.3, -0.25) is 4.79 Å². The summed E-state index contributed by atoms with van der Waals surface area (Å²) in [5, 5.41) is 6.47. The molecule has 7 nitrogen and oxygen atoms in total. The van der Waals surface area contributed by atoms with Crippen LogP contribution in [0.15, 0.2) is 22.7 Å². The molecule has 8 heteroatoms. The number of rotatable bonds is 2. The molecule has 0 saturated carbocycles. The maximum atomic E-state index is 13.4.